The standard InChI is InChI=1S/C30H25F3N2O3/c31-30(32,33)24-10-9-22-7-4-14-35(27(22)16-24)18-23-15-20(8-11-25(23)21-5-2-1-3-6-21)19-38-28-12-13-34-17-26(28)29(36)37/h1-3,5-6,8-13,15-17H,4,7,14,18-19H2,(H,36,37). The molecule has 4 aromatic rings. The van der Waals surface area contributed by atoms with Crippen molar-refractivity contribution in [3.8, 4) is 16.9 Å². The first-order valence-electron chi connectivity index (χ1n) is 12.2. The van der Waals surface area contributed by atoms with Crippen molar-refractivity contribution >= 4 is 11.7 Å². The summed E-state index contributed by atoms with van der Waals surface area (Å²) in [4.78, 5) is 17.4. The summed E-state index contributed by atoms with van der Waals surface area (Å²) in [6.07, 6.45) is -0.116. The van der Waals surface area contributed by atoms with E-state index in [-0.39, 0.29) is 17.9 Å². The van der Waals surface area contributed by atoms with Gasteiger partial charge in [0.15, 0.2) is 0 Å². The monoisotopic (exact) mass is 518 g/mol. The van der Waals surface area contributed by atoms with Gasteiger partial charge >= 0.3 is 12.1 Å². The molecule has 0 bridgehead atoms. The number of rotatable bonds is 7. The van der Waals surface area contributed by atoms with Crippen LogP contribution < -0.4 is 9.64 Å². The number of carbonyl (C=O) groups is 1. The predicted octanol–water partition coefficient (Wildman–Crippen LogP) is 7.00. The molecule has 0 radical (unpaired) electrons. The SMILES string of the molecule is O=C(O)c1cnccc1OCc1ccc(-c2ccccc2)c(CN2CCCc3ccc(C(F)(F)F)cc32)c1. The minimum absolute atomic E-state index is 0.0287. The zero-order valence-electron chi connectivity index (χ0n) is 20.4. The Bertz CT molecular complexity index is 1460. The number of nitrogens with zero attached hydrogens (tertiary/aromatic N) is 2. The molecule has 8 heteroatoms. The lowest BCUT2D eigenvalue weighted by molar-refractivity contribution is -0.137. The minimum atomic E-state index is -4.41. The first-order valence-corrected chi connectivity index (χ1v) is 12.2. The van der Waals surface area contributed by atoms with Crippen LogP contribution in [-0.2, 0) is 25.7 Å². The topological polar surface area (TPSA) is 62.7 Å². The first kappa shape index (κ1) is 25.3. The van der Waals surface area contributed by atoms with Crippen molar-refractivity contribution in [2.45, 2.75) is 32.2 Å². The van der Waals surface area contributed by atoms with Crippen molar-refractivity contribution in [2.24, 2.45) is 0 Å². The van der Waals surface area contributed by atoms with Gasteiger partial charge in [0.2, 0.25) is 0 Å². The highest BCUT2D eigenvalue weighted by Crippen LogP contribution is 2.37. The van der Waals surface area contributed by atoms with Crippen LogP contribution in [0, 0.1) is 0 Å². The van der Waals surface area contributed by atoms with E-state index >= 15 is 0 Å². The fourth-order valence-corrected chi connectivity index (χ4v) is 4.79. The molecule has 38 heavy (non-hydrogen) atoms. The molecule has 5 nitrogen and oxygen atoms in total. The van der Waals surface area contributed by atoms with Gasteiger partial charge in [-0.15, -0.1) is 0 Å². The van der Waals surface area contributed by atoms with E-state index in [1.165, 1.54) is 24.5 Å². The molecule has 0 saturated carbocycles. The molecule has 1 aliphatic heterocycles. The summed E-state index contributed by atoms with van der Waals surface area (Å²) in [5.41, 5.74) is 4.56. The number of hydrogen-bond acceptors (Lipinski definition) is 4. The highest BCUT2D eigenvalue weighted by molar-refractivity contribution is 5.90. The fraction of sp³-hybridized carbons (Fsp3) is 0.200. The Morgan fingerprint density at radius 2 is 1.84 bits per heavy atom. The third-order valence-electron chi connectivity index (χ3n) is 6.65. The lowest BCUT2D eigenvalue weighted by Gasteiger charge is -2.33. The smallest absolute Gasteiger partial charge is 0.416 e. The third kappa shape index (κ3) is 5.49. The Labute approximate surface area is 218 Å². The normalized spacial score (nSPS) is 13.2. The number of benzene rings is 3. The molecule has 0 unspecified atom stereocenters. The second-order valence-electron chi connectivity index (χ2n) is 9.19. The van der Waals surface area contributed by atoms with Crippen LogP contribution in [0.25, 0.3) is 11.1 Å². The number of anilines is 1. The Kier molecular flexibility index (Phi) is 7.05. The van der Waals surface area contributed by atoms with Crippen molar-refractivity contribution in [1.29, 1.82) is 0 Å². The molecule has 3 aromatic carbocycles. The van der Waals surface area contributed by atoms with Crippen LogP contribution in [0.5, 0.6) is 5.75 Å². The lowest BCUT2D eigenvalue weighted by Crippen LogP contribution is -2.29. The van der Waals surface area contributed by atoms with Crippen LogP contribution in [-0.4, -0.2) is 22.6 Å². The number of ether oxygens (including phenoxy) is 1. The van der Waals surface area contributed by atoms with Crippen molar-refractivity contribution < 1.29 is 27.8 Å². The molecule has 1 aliphatic rings. The molecule has 0 aliphatic carbocycles. The lowest BCUT2D eigenvalue weighted by atomic mass is 9.95. The van der Waals surface area contributed by atoms with Crippen LogP contribution in [0.2, 0.25) is 0 Å². The van der Waals surface area contributed by atoms with E-state index in [0.717, 1.165) is 46.7 Å². The zero-order chi connectivity index (χ0) is 26.7. The summed E-state index contributed by atoms with van der Waals surface area (Å²) >= 11 is 0. The second kappa shape index (κ2) is 10.6. The highest BCUT2D eigenvalue weighted by atomic mass is 19.4. The van der Waals surface area contributed by atoms with Gasteiger partial charge in [0.05, 0.1) is 5.56 Å². The summed E-state index contributed by atoms with van der Waals surface area (Å²) in [6.45, 7) is 1.19. The van der Waals surface area contributed by atoms with Crippen LogP contribution in [0.15, 0.2) is 85.2 Å². The molecule has 0 saturated heterocycles. The van der Waals surface area contributed by atoms with Crippen molar-refractivity contribution in [3.05, 3.63) is 113 Å². The quantitative estimate of drug-likeness (QED) is 0.286. The number of aromatic carboxylic acids is 1. The highest BCUT2D eigenvalue weighted by Gasteiger charge is 2.32. The van der Waals surface area contributed by atoms with Gasteiger partial charge in [-0.05, 0) is 64.9 Å². The third-order valence-corrected chi connectivity index (χ3v) is 6.65. The number of alkyl halides is 3. The average molecular weight is 519 g/mol. The number of halogens is 3. The first-order chi connectivity index (χ1) is 18.3. The Hall–Kier alpha value is -4.33. The molecular weight excluding hydrogens is 493 g/mol. The fourth-order valence-electron chi connectivity index (χ4n) is 4.79. The van der Waals surface area contributed by atoms with Gasteiger partial charge in [-0.3, -0.25) is 4.98 Å². The Morgan fingerprint density at radius 3 is 2.61 bits per heavy atom. The second-order valence-corrected chi connectivity index (χ2v) is 9.19. The average Bonchev–Trinajstić information content (AvgIpc) is 2.92. The maximum Gasteiger partial charge on any atom is 0.416 e. The summed E-state index contributed by atoms with van der Waals surface area (Å²) in [6, 6.07) is 21.2. The molecule has 1 aromatic heterocycles. The largest absolute Gasteiger partial charge is 0.488 e. The van der Waals surface area contributed by atoms with E-state index in [2.05, 4.69) is 4.98 Å². The molecule has 0 amide bonds. The van der Waals surface area contributed by atoms with E-state index in [9.17, 15) is 23.1 Å². The van der Waals surface area contributed by atoms with Crippen LogP contribution in [0.4, 0.5) is 18.9 Å². The van der Waals surface area contributed by atoms with E-state index in [1.807, 2.05) is 53.4 Å². The Balaban J connectivity index is 1.48. The van der Waals surface area contributed by atoms with Gasteiger partial charge in [-0.1, -0.05) is 48.5 Å². The van der Waals surface area contributed by atoms with Gasteiger partial charge in [0, 0.05) is 31.2 Å². The van der Waals surface area contributed by atoms with Gasteiger partial charge in [-0.2, -0.15) is 13.2 Å². The van der Waals surface area contributed by atoms with Gasteiger partial charge < -0.3 is 14.7 Å². The van der Waals surface area contributed by atoms with Crippen molar-refractivity contribution in [2.75, 3.05) is 11.4 Å². The van der Waals surface area contributed by atoms with Crippen LogP contribution in [0.3, 0.4) is 0 Å². The number of pyridine rings is 1. The van der Waals surface area contributed by atoms with E-state index in [1.54, 1.807) is 6.07 Å². The summed E-state index contributed by atoms with van der Waals surface area (Å²) in [5, 5.41) is 9.41. The summed E-state index contributed by atoms with van der Waals surface area (Å²) < 4.78 is 46.3. The summed E-state index contributed by atoms with van der Waals surface area (Å²) in [5.74, 6) is -0.916. The van der Waals surface area contributed by atoms with Gasteiger partial charge in [0.1, 0.15) is 17.9 Å². The van der Waals surface area contributed by atoms with Crippen LogP contribution in [0.1, 0.15) is 39.0 Å². The van der Waals surface area contributed by atoms with Crippen molar-refractivity contribution in [1.82, 2.24) is 4.98 Å². The molecule has 0 fully saturated rings. The number of fused-ring (bicyclic) bond motifs is 1. The zero-order valence-corrected chi connectivity index (χ0v) is 20.4. The van der Waals surface area contributed by atoms with Gasteiger partial charge in [0.25, 0.3) is 0 Å². The molecule has 194 valence electrons. The van der Waals surface area contributed by atoms with Crippen LogP contribution >= 0.6 is 0 Å². The number of carboxylic acid groups (broad SMARTS) is 1. The molecule has 2 heterocycles. The molecule has 5 rings (SSSR count). The molecule has 0 atom stereocenters. The van der Waals surface area contributed by atoms with E-state index in [4.69, 9.17) is 4.74 Å². The number of hydrogen-bond donors (Lipinski definition) is 1. The van der Waals surface area contributed by atoms with Crippen molar-refractivity contribution in [3.63, 3.8) is 0 Å². The van der Waals surface area contributed by atoms with E-state index < -0.39 is 17.7 Å². The van der Waals surface area contributed by atoms with Gasteiger partial charge in [-0.25, -0.2) is 4.79 Å². The van der Waals surface area contributed by atoms with E-state index in [0.29, 0.717) is 18.8 Å². The maximum absolute atomic E-state index is 13.5. The molecule has 1 N–H and O–H groups in total. The molecular formula is C30H25F3N2O3. The number of carboxylic acids is 1. The number of aromatic nitrogens is 1. The predicted molar refractivity (Wildman–Crippen MR) is 138 cm³/mol. The summed E-state index contributed by atoms with van der Waals surface area (Å²) in [7, 11) is 0. The number of aryl methyl sites for hydroxylation is 1. The minimum Gasteiger partial charge on any atom is -0.488 e. The molecule has 0 spiro atoms. The Morgan fingerprint density at radius 1 is 1.03 bits per heavy atom. The maximum atomic E-state index is 13.5.